The predicted molar refractivity (Wildman–Crippen MR) is 86.1 cm³/mol. The average Bonchev–Trinajstić information content (AvgIpc) is 2.51. The molecule has 2 aromatic rings. The van der Waals surface area contributed by atoms with E-state index in [1.807, 2.05) is 6.07 Å². The summed E-state index contributed by atoms with van der Waals surface area (Å²) in [5.41, 5.74) is 0.757. The molecule has 0 bridgehead atoms. The lowest BCUT2D eigenvalue weighted by Gasteiger charge is -2.11. The molecule has 1 aromatic heterocycles. The molecule has 0 unspecified atom stereocenters. The molecule has 112 valence electrons. The topological polar surface area (TPSA) is 73.6 Å². The van der Waals surface area contributed by atoms with Gasteiger partial charge in [-0.1, -0.05) is 17.7 Å². The summed E-state index contributed by atoms with van der Waals surface area (Å²) in [5, 5.41) is 22.7. The van der Waals surface area contributed by atoms with Gasteiger partial charge < -0.3 is 10.6 Å². The number of anilines is 1. The van der Waals surface area contributed by atoms with Crippen molar-refractivity contribution in [1.82, 2.24) is 15.5 Å². The smallest absolute Gasteiger partial charge is 0.172 e. The largest absolute Gasteiger partial charge is 0.362 e. The fourth-order valence-corrected chi connectivity index (χ4v) is 2.19. The highest BCUT2D eigenvalue weighted by molar-refractivity contribution is 7.80. The first-order valence-electron chi connectivity index (χ1n) is 6.31. The molecule has 8 heteroatoms. The first-order valence-corrected chi connectivity index (χ1v) is 7.10. The van der Waals surface area contributed by atoms with E-state index in [2.05, 4.69) is 20.8 Å². The van der Waals surface area contributed by atoms with Crippen LogP contribution in [-0.4, -0.2) is 21.9 Å². The fourth-order valence-electron chi connectivity index (χ4n) is 1.74. The van der Waals surface area contributed by atoms with Gasteiger partial charge in [-0.25, -0.2) is 4.39 Å². The molecule has 0 saturated heterocycles. The maximum absolute atomic E-state index is 13.6. The van der Waals surface area contributed by atoms with E-state index in [1.165, 1.54) is 18.3 Å². The summed E-state index contributed by atoms with van der Waals surface area (Å²) in [6.07, 6.45) is 1.79. The Labute approximate surface area is 137 Å². The molecule has 1 heterocycles. The molecule has 1 aromatic carbocycles. The van der Waals surface area contributed by atoms with Gasteiger partial charge in [0.25, 0.3) is 0 Å². The predicted octanol–water partition coefficient (Wildman–Crippen LogP) is 2.67. The molecule has 0 saturated carbocycles. The maximum Gasteiger partial charge on any atom is 0.172 e. The van der Waals surface area contributed by atoms with Crippen LogP contribution in [0, 0.1) is 17.1 Å². The molecule has 0 aliphatic rings. The van der Waals surface area contributed by atoms with E-state index in [9.17, 15) is 4.39 Å². The molecule has 22 heavy (non-hydrogen) atoms. The fraction of sp³-hybridized carbons (Fsp3) is 0.143. The molecule has 0 atom stereocenters. The minimum atomic E-state index is -0.353. The zero-order valence-corrected chi connectivity index (χ0v) is 12.9. The Morgan fingerprint density at radius 3 is 2.95 bits per heavy atom. The monoisotopic (exact) mass is 335 g/mol. The zero-order valence-electron chi connectivity index (χ0n) is 11.3. The highest BCUT2D eigenvalue weighted by Crippen LogP contribution is 2.19. The SMILES string of the molecule is N#Cc1ccnnc1NC(=S)NCCc1c(F)cccc1Cl. The van der Waals surface area contributed by atoms with Gasteiger partial charge >= 0.3 is 0 Å². The maximum atomic E-state index is 13.6. The number of benzene rings is 1. The van der Waals surface area contributed by atoms with Crippen molar-refractivity contribution in [3.8, 4) is 6.07 Å². The van der Waals surface area contributed by atoms with Gasteiger partial charge in [-0.2, -0.15) is 10.4 Å². The first kappa shape index (κ1) is 16.1. The number of hydrogen-bond donors (Lipinski definition) is 2. The van der Waals surface area contributed by atoms with Crippen LogP contribution in [0.2, 0.25) is 5.02 Å². The lowest BCUT2D eigenvalue weighted by Crippen LogP contribution is -2.31. The van der Waals surface area contributed by atoms with E-state index in [1.54, 1.807) is 12.1 Å². The number of nitriles is 1. The second-order valence-electron chi connectivity index (χ2n) is 4.24. The van der Waals surface area contributed by atoms with E-state index in [0.717, 1.165) is 0 Å². The van der Waals surface area contributed by atoms with Crippen LogP contribution < -0.4 is 10.6 Å². The summed E-state index contributed by atoms with van der Waals surface area (Å²) in [7, 11) is 0. The number of hydrogen-bond acceptors (Lipinski definition) is 4. The molecule has 0 radical (unpaired) electrons. The van der Waals surface area contributed by atoms with Gasteiger partial charge in [0.05, 0.1) is 11.8 Å². The molecular formula is C14H11ClFN5S. The third-order valence-electron chi connectivity index (χ3n) is 2.80. The van der Waals surface area contributed by atoms with Crippen molar-refractivity contribution in [3.05, 3.63) is 52.4 Å². The van der Waals surface area contributed by atoms with E-state index in [0.29, 0.717) is 29.1 Å². The van der Waals surface area contributed by atoms with Gasteiger partial charge in [-0.15, -0.1) is 5.10 Å². The van der Waals surface area contributed by atoms with Crippen molar-refractivity contribution in [2.45, 2.75) is 6.42 Å². The summed E-state index contributed by atoms with van der Waals surface area (Å²) in [6.45, 7) is 0.384. The van der Waals surface area contributed by atoms with Gasteiger partial charge in [0.1, 0.15) is 11.9 Å². The summed E-state index contributed by atoms with van der Waals surface area (Å²) >= 11 is 11.0. The van der Waals surface area contributed by atoms with Crippen LogP contribution in [0.25, 0.3) is 0 Å². The van der Waals surface area contributed by atoms with Crippen LogP contribution in [0.5, 0.6) is 0 Å². The quantitative estimate of drug-likeness (QED) is 0.837. The minimum absolute atomic E-state index is 0.268. The van der Waals surface area contributed by atoms with E-state index in [4.69, 9.17) is 29.1 Å². The van der Waals surface area contributed by atoms with Gasteiger partial charge in [0.2, 0.25) is 0 Å². The van der Waals surface area contributed by atoms with Crippen LogP contribution in [-0.2, 0) is 6.42 Å². The van der Waals surface area contributed by atoms with Crippen molar-refractivity contribution < 1.29 is 4.39 Å². The Bertz CT molecular complexity index is 711. The number of aromatic nitrogens is 2. The number of nitrogens with zero attached hydrogens (tertiary/aromatic N) is 3. The van der Waals surface area contributed by atoms with E-state index < -0.39 is 0 Å². The van der Waals surface area contributed by atoms with Gasteiger partial charge in [-0.3, -0.25) is 0 Å². The Kier molecular flexibility index (Phi) is 5.58. The standard InChI is InChI=1S/C14H11ClFN5S/c15-11-2-1-3-12(16)10(11)5-6-18-14(22)20-13-9(8-17)4-7-19-21-13/h1-4,7H,5-6H2,(H2,18,20,21,22). The van der Waals surface area contributed by atoms with Crippen LogP contribution in [0.4, 0.5) is 10.2 Å². The summed E-state index contributed by atoms with van der Waals surface area (Å²) < 4.78 is 13.6. The molecular weight excluding hydrogens is 325 g/mol. The molecule has 0 fully saturated rings. The van der Waals surface area contributed by atoms with Gasteiger partial charge in [0, 0.05) is 17.1 Å². The Morgan fingerprint density at radius 2 is 2.23 bits per heavy atom. The summed E-state index contributed by atoms with van der Waals surface area (Å²) in [6, 6.07) is 8.05. The Balaban J connectivity index is 1.90. The van der Waals surface area contributed by atoms with E-state index >= 15 is 0 Å². The molecule has 5 nitrogen and oxygen atoms in total. The van der Waals surface area contributed by atoms with Gasteiger partial charge in [0.15, 0.2) is 10.9 Å². The zero-order chi connectivity index (χ0) is 15.9. The normalized spacial score (nSPS) is 9.86. The number of halogens is 2. The summed E-state index contributed by atoms with van der Waals surface area (Å²) in [4.78, 5) is 0. The highest BCUT2D eigenvalue weighted by atomic mass is 35.5. The van der Waals surface area contributed by atoms with Crippen LogP contribution in [0.3, 0.4) is 0 Å². The third-order valence-corrected chi connectivity index (χ3v) is 3.40. The molecule has 2 rings (SSSR count). The molecule has 0 aliphatic heterocycles. The lowest BCUT2D eigenvalue weighted by atomic mass is 10.1. The van der Waals surface area contributed by atoms with Crippen molar-refractivity contribution in [2.24, 2.45) is 0 Å². The van der Waals surface area contributed by atoms with Gasteiger partial charge in [-0.05, 0) is 36.8 Å². The molecule has 2 N–H and O–H groups in total. The second kappa shape index (κ2) is 7.64. The molecule has 0 amide bonds. The van der Waals surface area contributed by atoms with Crippen LogP contribution in [0.15, 0.2) is 30.5 Å². The van der Waals surface area contributed by atoms with E-state index in [-0.39, 0.29) is 16.7 Å². The summed E-state index contributed by atoms with van der Waals surface area (Å²) in [5.74, 6) is -0.0831. The van der Waals surface area contributed by atoms with Crippen molar-refractivity contribution >= 4 is 34.7 Å². The highest BCUT2D eigenvalue weighted by Gasteiger charge is 2.08. The Hall–Kier alpha value is -2.30. The van der Waals surface area contributed by atoms with Crippen molar-refractivity contribution in [1.29, 1.82) is 5.26 Å². The van der Waals surface area contributed by atoms with Crippen LogP contribution in [0.1, 0.15) is 11.1 Å². The molecule has 0 aliphatic carbocycles. The van der Waals surface area contributed by atoms with Crippen molar-refractivity contribution in [2.75, 3.05) is 11.9 Å². The Morgan fingerprint density at radius 1 is 1.41 bits per heavy atom. The lowest BCUT2D eigenvalue weighted by molar-refractivity contribution is 0.607. The number of rotatable bonds is 4. The van der Waals surface area contributed by atoms with Crippen LogP contribution >= 0.6 is 23.8 Å². The molecule has 0 spiro atoms. The minimum Gasteiger partial charge on any atom is -0.362 e. The first-order chi connectivity index (χ1) is 10.6. The number of nitrogens with one attached hydrogen (secondary N) is 2. The third kappa shape index (κ3) is 4.10. The average molecular weight is 336 g/mol. The number of thiocarbonyl (C=S) groups is 1. The second-order valence-corrected chi connectivity index (χ2v) is 5.05. The van der Waals surface area contributed by atoms with Crippen molar-refractivity contribution in [3.63, 3.8) is 0 Å².